The van der Waals surface area contributed by atoms with Gasteiger partial charge in [-0.15, -0.1) is 0 Å². The van der Waals surface area contributed by atoms with E-state index in [0.717, 1.165) is 65.0 Å². The molecule has 0 aromatic heterocycles. The Morgan fingerprint density at radius 1 is 0.700 bits per heavy atom. The van der Waals surface area contributed by atoms with Crippen molar-refractivity contribution in [1.82, 2.24) is 20.4 Å². The lowest BCUT2D eigenvalue weighted by atomic mass is 10.2. The van der Waals surface area contributed by atoms with E-state index in [1.165, 1.54) is 0 Å². The van der Waals surface area contributed by atoms with Crippen LogP contribution in [0.4, 0.5) is 0 Å². The van der Waals surface area contributed by atoms with Crippen molar-refractivity contribution in [1.29, 1.82) is 0 Å². The Kier molecular flexibility index (Phi) is 6.26. The van der Waals surface area contributed by atoms with Crippen LogP contribution in [0.3, 0.4) is 0 Å². The summed E-state index contributed by atoms with van der Waals surface area (Å²) < 4.78 is 0. The second-order valence-electron chi connectivity index (χ2n) is 5.67. The van der Waals surface area contributed by atoms with E-state index in [1.807, 2.05) is 0 Å². The van der Waals surface area contributed by atoms with Crippen molar-refractivity contribution in [3.8, 4) is 0 Å². The summed E-state index contributed by atoms with van der Waals surface area (Å²) in [6.07, 6.45) is 4.25. The average Bonchev–Trinajstić information content (AvgIpc) is 3.29. The van der Waals surface area contributed by atoms with Crippen LogP contribution in [0.25, 0.3) is 0 Å². The minimum Gasteiger partial charge on any atom is -0.355 e. The van der Waals surface area contributed by atoms with Gasteiger partial charge in [-0.05, 0) is 12.8 Å². The monoisotopic (exact) mass is 282 g/mol. The summed E-state index contributed by atoms with van der Waals surface area (Å²) in [5.41, 5.74) is 0. The van der Waals surface area contributed by atoms with Crippen LogP contribution < -0.4 is 10.6 Å². The number of rotatable bonds is 11. The molecular weight excluding hydrogens is 256 g/mol. The van der Waals surface area contributed by atoms with Gasteiger partial charge in [-0.1, -0.05) is 12.8 Å². The van der Waals surface area contributed by atoms with Gasteiger partial charge in [-0.25, -0.2) is 0 Å². The molecule has 0 aromatic carbocycles. The van der Waals surface area contributed by atoms with Crippen LogP contribution in [0.2, 0.25) is 0 Å². The lowest BCUT2D eigenvalue weighted by Gasteiger charge is -2.06. The molecule has 2 rings (SSSR count). The molecule has 0 bridgehead atoms. The van der Waals surface area contributed by atoms with Gasteiger partial charge < -0.3 is 10.6 Å². The third-order valence-electron chi connectivity index (χ3n) is 3.56. The molecule has 2 fully saturated rings. The topological polar surface area (TPSA) is 64.2 Å². The summed E-state index contributed by atoms with van der Waals surface area (Å²) in [7, 11) is 0. The molecular formula is C14H26N4O2. The van der Waals surface area contributed by atoms with E-state index in [4.69, 9.17) is 0 Å². The van der Waals surface area contributed by atoms with Gasteiger partial charge in [0.25, 0.3) is 0 Å². The molecule has 2 heterocycles. The number of nitrogens with zero attached hydrogens (tertiary/aromatic N) is 2. The maximum absolute atomic E-state index is 11.4. The van der Waals surface area contributed by atoms with E-state index in [2.05, 4.69) is 20.4 Å². The smallest absolute Gasteiger partial charge is 0.234 e. The number of amides is 2. The minimum atomic E-state index is 0.143. The van der Waals surface area contributed by atoms with Gasteiger partial charge in [-0.2, -0.15) is 0 Å². The highest BCUT2D eigenvalue weighted by Gasteiger charge is 2.20. The van der Waals surface area contributed by atoms with Crippen LogP contribution in [0.1, 0.15) is 25.7 Å². The lowest BCUT2D eigenvalue weighted by Crippen LogP contribution is -2.30. The molecule has 0 atom stereocenters. The molecule has 20 heavy (non-hydrogen) atoms. The van der Waals surface area contributed by atoms with Gasteiger partial charge >= 0.3 is 0 Å². The Morgan fingerprint density at radius 2 is 1.10 bits per heavy atom. The molecule has 6 nitrogen and oxygen atoms in total. The number of carbonyl (C=O) groups is 2. The summed E-state index contributed by atoms with van der Waals surface area (Å²) in [6.45, 7) is 6.93. The van der Waals surface area contributed by atoms with Gasteiger partial charge in [0.1, 0.15) is 0 Å². The Balaban J connectivity index is 1.30. The van der Waals surface area contributed by atoms with E-state index in [1.54, 1.807) is 0 Å². The summed E-state index contributed by atoms with van der Waals surface area (Å²) in [5, 5.41) is 5.87. The van der Waals surface area contributed by atoms with Crippen molar-refractivity contribution in [3.63, 3.8) is 0 Å². The minimum absolute atomic E-state index is 0.143. The summed E-state index contributed by atoms with van der Waals surface area (Å²) in [6, 6.07) is 0. The Hall–Kier alpha value is -1.14. The molecule has 2 aliphatic rings. The van der Waals surface area contributed by atoms with Gasteiger partial charge in [0, 0.05) is 39.3 Å². The maximum Gasteiger partial charge on any atom is 0.234 e. The molecule has 6 heteroatoms. The highest BCUT2D eigenvalue weighted by atomic mass is 16.2. The third kappa shape index (κ3) is 7.45. The average molecular weight is 282 g/mol. The van der Waals surface area contributed by atoms with Crippen molar-refractivity contribution in [2.24, 2.45) is 0 Å². The number of unbranched alkanes of at least 4 members (excludes halogenated alkanes) is 3. The molecule has 2 amide bonds. The van der Waals surface area contributed by atoms with Crippen molar-refractivity contribution in [3.05, 3.63) is 0 Å². The first kappa shape index (κ1) is 15.3. The van der Waals surface area contributed by atoms with Crippen molar-refractivity contribution in [2.75, 3.05) is 52.4 Å². The largest absolute Gasteiger partial charge is 0.355 e. The summed E-state index contributed by atoms with van der Waals surface area (Å²) in [5.74, 6) is 0.287. The number of hydrogen-bond donors (Lipinski definition) is 2. The molecule has 2 N–H and O–H groups in total. The number of hydrogen-bond acceptors (Lipinski definition) is 4. The molecule has 0 saturated carbocycles. The fraction of sp³-hybridized carbons (Fsp3) is 0.857. The standard InChI is InChI=1S/C14H26N4O2/c19-13(11-17-7-8-17)15-5-3-1-2-4-6-16-14(20)12-18-9-10-18/h1-12H2,(H,15,19)(H,16,20). The zero-order valence-corrected chi connectivity index (χ0v) is 12.2. The predicted octanol–water partition coefficient (Wildman–Crippen LogP) is -0.590. The molecule has 0 aromatic rings. The van der Waals surface area contributed by atoms with E-state index in [9.17, 15) is 9.59 Å². The normalized spacial score (nSPS) is 17.8. The highest BCUT2D eigenvalue weighted by molar-refractivity contribution is 5.78. The molecule has 0 spiro atoms. The number of nitrogens with one attached hydrogen (secondary N) is 2. The van der Waals surface area contributed by atoms with Crippen molar-refractivity contribution < 1.29 is 9.59 Å². The Morgan fingerprint density at radius 3 is 1.45 bits per heavy atom. The maximum atomic E-state index is 11.4. The quantitative estimate of drug-likeness (QED) is 0.393. The second-order valence-corrected chi connectivity index (χ2v) is 5.67. The molecule has 2 saturated heterocycles. The molecule has 0 radical (unpaired) electrons. The summed E-state index contributed by atoms with van der Waals surface area (Å²) in [4.78, 5) is 27.0. The van der Waals surface area contributed by atoms with Crippen molar-refractivity contribution >= 4 is 11.8 Å². The van der Waals surface area contributed by atoms with Crippen LogP contribution in [-0.4, -0.2) is 74.0 Å². The molecule has 2 aliphatic heterocycles. The van der Waals surface area contributed by atoms with E-state index in [-0.39, 0.29) is 11.8 Å². The molecule has 114 valence electrons. The van der Waals surface area contributed by atoms with Crippen LogP contribution >= 0.6 is 0 Å². The van der Waals surface area contributed by atoms with Gasteiger partial charge in [-0.3, -0.25) is 19.4 Å². The van der Waals surface area contributed by atoms with Crippen LogP contribution in [0, 0.1) is 0 Å². The van der Waals surface area contributed by atoms with E-state index in [0.29, 0.717) is 13.1 Å². The van der Waals surface area contributed by atoms with Crippen molar-refractivity contribution in [2.45, 2.75) is 25.7 Å². The zero-order chi connectivity index (χ0) is 14.2. The predicted molar refractivity (Wildman–Crippen MR) is 77.4 cm³/mol. The highest BCUT2D eigenvalue weighted by Crippen LogP contribution is 2.02. The lowest BCUT2D eigenvalue weighted by molar-refractivity contribution is -0.122. The first-order chi connectivity index (χ1) is 9.74. The summed E-state index contributed by atoms with van der Waals surface area (Å²) >= 11 is 0. The van der Waals surface area contributed by atoms with Crippen LogP contribution in [0.5, 0.6) is 0 Å². The van der Waals surface area contributed by atoms with Gasteiger partial charge in [0.15, 0.2) is 0 Å². The van der Waals surface area contributed by atoms with E-state index < -0.39 is 0 Å². The van der Waals surface area contributed by atoms with Gasteiger partial charge in [0.05, 0.1) is 13.1 Å². The fourth-order valence-corrected chi connectivity index (χ4v) is 2.03. The van der Waals surface area contributed by atoms with Gasteiger partial charge in [0.2, 0.25) is 11.8 Å². The third-order valence-corrected chi connectivity index (χ3v) is 3.56. The first-order valence-corrected chi connectivity index (χ1v) is 7.72. The Bertz CT molecular complexity index is 295. The second kappa shape index (κ2) is 8.21. The SMILES string of the molecule is O=C(CN1CC1)NCCCCCCNC(=O)CN1CC1. The van der Waals surface area contributed by atoms with Crippen LogP contribution in [-0.2, 0) is 9.59 Å². The van der Waals surface area contributed by atoms with Crippen LogP contribution in [0.15, 0.2) is 0 Å². The first-order valence-electron chi connectivity index (χ1n) is 7.72. The number of carbonyl (C=O) groups excluding carboxylic acids is 2. The van der Waals surface area contributed by atoms with E-state index >= 15 is 0 Å². The molecule has 0 unspecified atom stereocenters. The fourth-order valence-electron chi connectivity index (χ4n) is 2.03. The zero-order valence-electron chi connectivity index (χ0n) is 12.2. The Labute approximate surface area is 120 Å². The molecule has 0 aliphatic carbocycles.